The predicted molar refractivity (Wildman–Crippen MR) is 103 cm³/mol. The summed E-state index contributed by atoms with van der Waals surface area (Å²) < 4.78 is 45.3. The molecule has 8 atom stereocenters. The van der Waals surface area contributed by atoms with Crippen molar-refractivity contribution in [3.63, 3.8) is 0 Å². The van der Waals surface area contributed by atoms with Crippen molar-refractivity contribution in [1.29, 1.82) is 0 Å². The van der Waals surface area contributed by atoms with E-state index in [0.29, 0.717) is 6.42 Å². The summed E-state index contributed by atoms with van der Waals surface area (Å²) >= 11 is 0. The molecule has 0 spiro atoms. The number of aliphatic hydroxyl groups excluding tert-OH is 1. The van der Waals surface area contributed by atoms with Crippen LogP contribution < -0.4 is 4.89 Å². The average molecular weight is 437 g/mol. The Hall–Kier alpha value is -0.510. The van der Waals surface area contributed by atoms with E-state index in [1.165, 1.54) is 0 Å². The summed E-state index contributed by atoms with van der Waals surface area (Å²) in [5.74, 6) is -0.116. The van der Waals surface area contributed by atoms with E-state index in [1.807, 2.05) is 34.6 Å². The highest BCUT2D eigenvalue weighted by atomic mass is 31.2. The summed E-state index contributed by atoms with van der Waals surface area (Å²) in [5, 5.41) is 10.3. The van der Waals surface area contributed by atoms with Gasteiger partial charge in [-0.05, 0) is 41.5 Å². The Balaban J connectivity index is 2.01. The van der Waals surface area contributed by atoms with Crippen LogP contribution in [-0.2, 0) is 32.6 Å². The zero-order valence-corrected chi connectivity index (χ0v) is 18.9. The van der Waals surface area contributed by atoms with Crippen molar-refractivity contribution in [1.82, 2.24) is 0 Å². The number of phosphoric ester groups is 1. The van der Waals surface area contributed by atoms with Crippen LogP contribution >= 0.6 is 7.82 Å². The summed E-state index contributed by atoms with van der Waals surface area (Å²) in [5.41, 5.74) is 0. The van der Waals surface area contributed by atoms with Crippen molar-refractivity contribution < 1.29 is 42.6 Å². The van der Waals surface area contributed by atoms with Crippen LogP contribution in [-0.4, -0.2) is 66.6 Å². The number of phosphoric acid groups is 1. The number of aliphatic hydroxyl groups is 1. The normalized spacial score (nSPS) is 37.2. The summed E-state index contributed by atoms with van der Waals surface area (Å²) in [6.45, 7) is 14.7. The lowest BCUT2D eigenvalue weighted by molar-refractivity contribution is -0.232. The lowest BCUT2D eigenvalue weighted by Gasteiger charge is -2.32. The number of rotatable bonds is 10. The van der Waals surface area contributed by atoms with Gasteiger partial charge in [-0.25, -0.2) is 0 Å². The van der Waals surface area contributed by atoms with Gasteiger partial charge in [-0.1, -0.05) is 6.58 Å². The standard InChI is InChI=1S/C19H35O9P/c1-10(2)23-9-16-19(17(20)13(6)26-16)28-29(21,22)27-14(7)18-15(24-11(3)4)8-12(5)25-18/h10-13,15-20H,7-9H2,1-6H3,(H,21,22)/p-1. The van der Waals surface area contributed by atoms with E-state index in [-0.39, 0.29) is 36.8 Å². The molecule has 0 bridgehead atoms. The molecule has 0 aromatic carbocycles. The van der Waals surface area contributed by atoms with E-state index in [9.17, 15) is 14.6 Å². The van der Waals surface area contributed by atoms with Gasteiger partial charge in [0.25, 0.3) is 0 Å². The summed E-state index contributed by atoms with van der Waals surface area (Å²) in [4.78, 5) is 12.5. The van der Waals surface area contributed by atoms with Gasteiger partial charge in [-0.3, -0.25) is 4.57 Å². The summed E-state index contributed by atoms with van der Waals surface area (Å²) in [6, 6.07) is 0. The largest absolute Gasteiger partial charge is 0.746 e. The maximum Gasteiger partial charge on any atom is 0.319 e. The third-order valence-electron chi connectivity index (χ3n) is 4.69. The van der Waals surface area contributed by atoms with Crippen molar-refractivity contribution in [2.75, 3.05) is 6.61 Å². The molecule has 0 amide bonds. The first-order chi connectivity index (χ1) is 13.4. The number of hydrogen-bond donors (Lipinski definition) is 1. The highest BCUT2D eigenvalue weighted by Crippen LogP contribution is 2.47. The van der Waals surface area contributed by atoms with Crippen LogP contribution in [0.4, 0.5) is 0 Å². The Labute approximate surface area is 172 Å². The van der Waals surface area contributed by atoms with Gasteiger partial charge in [0, 0.05) is 6.42 Å². The molecule has 2 rings (SSSR count). The first-order valence-electron chi connectivity index (χ1n) is 10.0. The molecule has 0 aliphatic carbocycles. The maximum absolute atomic E-state index is 12.5. The maximum atomic E-state index is 12.5. The Morgan fingerprint density at radius 3 is 2.48 bits per heavy atom. The molecular weight excluding hydrogens is 403 g/mol. The van der Waals surface area contributed by atoms with Crippen LogP contribution in [0.3, 0.4) is 0 Å². The molecule has 0 radical (unpaired) electrons. The molecule has 170 valence electrons. The molecule has 2 aliphatic heterocycles. The topological polar surface area (TPSA) is 116 Å². The fraction of sp³-hybridized carbons (Fsp3) is 0.895. The molecule has 2 heterocycles. The summed E-state index contributed by atoms with van der Waals surface area (Å²) in [6.07, 6.45) is -4.42. The Morgan fingerprint density at radius 2 is 1.90 bits per heavy atom. The molecule has 0 saturated carbocycles. The molecule has 2 fully saturated rings. The second-order valence-electron chi connectivity index (χ2n) is 8.15. The number of ether oxygens (including phenoxy) is 4. The van der Waals surface area contributed by atoms with E-state index in [4.69, 9.17) is 28.0 Å². The number of hydrogen-bond acceptors (Lipinski definition) is 9. The van der Waals surface area contributed by atoms with Gasteiger partial charge in [-0.15, -0.1) is 0 Å². The Bertz CT molecular complexity index is 596. The molecule has 0 aromatic rings. The molecular formula is C19H34O9P-. The minimum absolute atomic E-state index is 0.0616. The van der Waals surface area contributed by atoms with E-state index in [2.05, 4.69) is 6.58 Å². The predicted octanol–water partition coefficient (Wildman–Crippen LogP) is 1.91. The van der Waals surface area contributed by atoms with Crippen LogP contribution in [0.25, 0.3) is 0 Å². The van der Waals surface area contributed by atoms with Crippen LogP contribution in [0, 0.1) is 0 Å². The molecule has 1 N–H and O–H groups in total. The molecule has 0 aromatic heterocycles. The van der Waals surface area contributed by atoms with Crippen LogP contribution in [0.1, 0.15) is 48.0 Å². The second kappa shape index (κ2) is 10.2. The van der Waals surface area contributed by atoms with Crippen LogP contribution in [0.5, 0.6) is 0 Å². The molecule has 2 aliphatic rings. The highest BCUT2D eigenvalue weighted by molar-refractivity contribution is 7.46. The van der Waals surface area contributed by atoms with Crippen molar-refractivity contribution in [2.24, 2.45) is 0 Å². The van der Waals surface area contributed by atoms with Crippen molar-refractivity contribution in [3.05, 3.63) is 12.3 Å². The lowest BCUT2D eigenvalue weighted by atomic mass is 10.1. The summed E-state index contributed by atoms with van der Waals surface area (Å²) in [7, 11) is -4.86. The van der Waals surface area contributed by atoms with Gasteiger partial charge in [-0.2, -0.15) is 0 Å². The fourth-order valence-corrected chi connectivity index (χ4v) is 4.44. The lowest BCUT2D eigenvalue weighted by Crippen LogP contribution is -2.38. The van der Waals surface area contributed by atoms with Gasteiger partial charge < -0.3 is 38.0 Å². The zero-order valence-electron chi connectivity index (χ0n) is 18.0. The Morgan fingerprint density at radius 1 is 1.24 bits per heavy atom. The first-order valence-corrected chi connectivity index (χ1v) is 11.5. The van der Waals surface area contributed by atoms with E-state index >= 15 is 0 Å². The quantitative estimate of drug-likeness (QED) is 0.404. The van der Waals surface area contributed by atoms with E-state index in [0.717, 1.165) is 0 Å². The van der Waals surface area contributed by atoms with E-state index < -0.39 is 38.3 Å². The van der Waals surface area contributed by atoms with Gasteiger partial charge in [0.15, 0.2) is 0 Å². The van der Waals surface area contributed by atoms with Crippen molar-refractivity contribution >= 4 is 7.82 Å². The minimum Gasteiger partial charge on any atom is -0.746 e. The van der Waals surface area contributed by atoms with Crippen molar-refractivity contribution in [3.8, 4) is 0 Å². The molecule has 10 heteroatoms. The SMILES string of the molecule is C=C(OP(=O)([O-])OC1C(COC(C)C)OC(C)C1O)C1OC(C)CC1OC(C)C. The monoisotopic (exact) mass is 437 g/mol. The van der Waals surface area contributed by atoms with Gasteiger partial charge in [0.05, 0.1) is 37.1 Å². The van der Waals surface area contributed by atoms with E-state index in [1.54, 1.807) is 6.92 Å². The van der Waals surface area contributed by atoms with Crippen molar-refractivity contribution in [2.45, 2.75) is 103 Å². The smallest absolute Gasteiger partial charge is 0.319 e. The fourth-order valence-electron chi connectivity index (χ4n) is 3.44. The van der Waals surface area contributed by atoms with Gasteiger partial charge >= 0.3 is 7.82 Å². The van der Waals surface area contributed by atoms with Gasteiger partial charge in [0.2, 0.25) is 0 Å². The molecule has 29 heavy (non-hydrogen) atoms. The zero-order chi connectivity index (χ0) is 21.9. The highest BCUT2D eigenvalue weighted by Gasteiger charge is 2.45. The minimum atomic E-state index is -4.86. The second-order valence-corrected chi connectivity index (χ2v) is 9.44. The van der Waals surface area contributed by atoms with Gasteiger partial charge in [0.1, 0.15) is 30.2 Å². The third-order valence-corrected chi connectivity index (χ3v) is 5.65. The molecule has 9 nitrogen and oxygen atoms in total. The van der Waals surface area contributed by atoms with Crippen LogP contribution in [0.15, 0.2) is 12.3 Å². The first kappa shape index (κ1) is 24.8. The third kappa shape index (κ3) is 7.01. The average Bonchev–Trinajstić information content (AvgIpc) is 3.06. The Kier molecular flexibility index (Phi) is 8.71. The molecule has 2 saturated heterocycles. The van der Waals surface area contributed by atoms with Crippen LogP contribution in [0.2, 0.25) is 0 Å². The molecule has 8 unspecified atom stereocenters.